The second-order valence-electron chi connectivity index (χ2n) is 8.63. The molecule has 0 aromatic heterocycles. The number of hydrogen-bond acceptors (Lipinski definition) is 9. The number of ether oxygens (including phenoxy) is 3. The Morgan fingerprint density at radius 3 is 2.56 bits per heavy atom. The van der Waals surface area contributed by atoms with Crippen LogP contribution >= 0.6 is 11.8 Å². The van der Waals surface area contributed by atoms with Crippen molar-refractivity contribution in [2.75, 3.05) is 6.61 Å². The minimum Gasteiger partial charge on any atom is -0.457 e. The molecule has 0 radical (unpaired) electrons. The van der Waals surface area contributed by atoms with Gasteiger partial charge < -0.3 is 25.3 Å². The molecular formula is C21H26N3O7S+. The molecule has 0 spiro atoms. The Labute approximate surface area is 189 Å². The van der Waals surface area contributed by atoms with Gasteiger partial charge in [-0.2, -0.15) is 0 Å². The molecule has 3 aliphatic rings. The van der Waals surface area contributed by atoms with E-state index in [0.717, 1.165) is 0 Å². The van der Waals surface area contributed by atoms with Crippen LogP contribution in [-0.4, -0.2) is 65.0 Å². The Morgan fingerprint density at radius 1 is 1.25 bits per heavy atom. The van der Waals surface area contributed by atoms with Gasteiger partial charge in [0.2, 0.25) is 18.0 Å². The van der Waals surface area contributed by atoms with Crippen LogP contribution in [0.3, 0.4) is 0 Å². The van der Waals surface area contributed by atoms with Crippen molar-refractivity contribution in [1.82, 2.24) is 5.32 Å². The Balaban J connectivity index is 1.39. The van der Waals surface area contributed by atoms with Crippen LogP contribution in [0.1, 0.15) is 32.4 Å². The van der Waals surface area contributed by atoms with Crippen LogP contribution in [0.25, 0.3) is 0 Å². The van der Waals surface area contributed by atoms with E-state index in [1.807, 2.05) is 19.9 Å². The second kappa shape index (κ2) is 8.38. The molecule has 2 amide bonds. The number of nitrogens with one attached hydrogen (secondary N) is 2. The Hall–Kier alpha value is -2.63. The molecule has 0 aliphatic carbocycles. The Kier molecular flexibility index (Phi) is 5.91. The summed E-state index contributed by atoms with van der Waals surface area (Å²) in [7, 11) is 0. The lowest BCUT2D eigenvalue weighted by molar-refractivity contribution is -0.875. The van der Waals surface area contributed by atoms with Crippen molar-refractivity contribution in [2.45, 2.75) is 61.2 Å². The third-order valence-corrected chi connectivity index (χ3v) is 7.65. The van der Waals surface area contributed by atoms with E-state index < -0.39 is 53.1 Å². The number of β-lactam (4-membered cyclic amide) rings is 1. The number of cyclic esters (lactones) is 2. The maximum absolute atomic E-state index is 12.9. The van der Waals surface area contributed by atoms with E-state index in [9.17, 15) is 19.2 Å². The molecule has 7 unspecified atom stereocenters. The predicted octanol–water partition coefficient (Wildman–Crippen LogP) is -0.716. The molecule has 3 fully saturated rings. The molecule has 0 bridgehead atoms. The molecule has 11 heteroatoms. The van der Waals surface area contributed by atoms with Crippen molar-refractivity contribution in [2.24, 2.45) is 5.73 Å². The molecule has 7 atom stereocenters. The number of benzene rings is 1. The summed E-state index contributed by atoms with van der Waals surface area (Å²) in [6.07, 6.45) is -2.01. The normalized spacial score (nSPS) is 33.4. The number of quaternary nitrogens is 1. The van der Waals surface area contributed by atoms with Gasteiger partial charge >= 0.3 is 18.0 Å². The summed E-state index contributed by atoms with van der Waals surface area (Å²) in [4.78, 5) is 50.0. The summed E-state index contributed by atoms with van der Waals surface area (Å²) >= 11 is 1.45. The van der Waals surface area contributed by atoms with E-state index in [1.165, 1.54) is 11.8 Å². The molecule has 10 nitrogen and oxygen atoms in total. The van der Waals surface area contributed by atoms with Crippen molar-refractivity contribution in [3.05, 3.63) is 35.9 Å². The van der Waals surface area contributed by atoms with Gasteiger partial charge in [0, 0.05) is 0 Å². The largest absolute Gasteiger partial charge is 0.509 e. The molecule has 32 heavy (non-hydrogen) atoms. The molecule has 4 N–H and O–H groups in total. The van der Waals surface area contributed by atoms with Crippen molar-refractivity contribution in [3.8, 4) is 0 Å². The van der Waals surface area contributed by atoms with Crippen LogP contribution in [0.2, 0.25) is 0 Å². The summed E-state index contributed by atoms with van der Waals surface area (Å²) < 4.78 is 14.6. The van der Waals surface area contributed by atoms with Gasteiger partial charge in [-0.1, -0.05) is 42.1 Å². The fourth-order valence-corrected chi connectivity index (χ4v) is 5.97. The molecule has 3 aliphatic heterocycles. The predicted molar refractivity (Wildman–Crippen MR) is 112 cm³/mol. The molecule has 1 aromatic carbocycles. The molecule has 4 rings (SSSR count). The third-order valence-electron chi connectivity index (χ3n) is 6.03. The van der Waals surface area contributed by atoms with Gasteiger partial charge in [0.1, 0.15) is 18.8 Å². The highest BCUT2D eigenvalue weighted by molar-refractivity contribution is 8.01. The van der Waals surface area contributed by atoms with E-state index in [2.05, 4.69) is 5.32 Å². The number of nitrogens with two attached hydrogens (primary N) is 1. The van der Waals surface area contributed by atoms with Gasteiger partial charge in [0.15, 0.2) is 11.5 Å². The van der Waals surface area contributed by atoms with E-state index in [0.29, 0.717) is 10.5 Å². The quantitative estimate of drug-likeness (QED) is 0.368. The standard InChI is InChI=1S/C21H25N3O7S/c1-10-12(31-20(28)30-10)9-29-19(27)15-21(2,3)32-18-14(17(26)24(15)18)23-16(25)13(22)11-7-5-4-6-8-11/h4-8,10,12-15,18H,9,22H2,1-3H3,(H,23,25)/p+1. The average Bonchev–Trinajstić information content (AvgIpc) is 3.22. The maximum Gasteiger partial charge on any atom is 0.509 e. The molecule has 1 aromatic rings. The minimum atomic E-state index is -0.897. The van der Waals surface area contributed by atoms with Gasteiger partial charge in [0.05, 0.1) is 4.75 Å². The van der Waals surface area contributed by atoms with Crippen LogP contribution in [0, 0.1) is 0 Å². The smallest absolute Gasteiger partial charge is 0.457 e. The molecule has 172 valence electrons. The summed E-state index contributed by atoms with van der Waals surface area (Å²) in [6, 6.07) is 6.50. The summed E-state index contributed by atoms with van der Waals surface area (Å²) in [5.41, 5.74) is 6.69. The van der Waals surface area contributed by atoms with Crippen molar-refractivity contribution >= 4 is 35.7 Å². The number of rotatable bonds is 6. The highest BCUT2D eigenvalue weighted by Crippen LogP contribution is 2.39. The van der Waals surface area contributed by atoms with Crippen molar-refractivity contribution in [3.63, 3.8) is 0 Å². The zero-order valence-corrected chi connectivity index (χ0v) is 18.7. The zero-order valence-electron chi connectivity index (χ0n) is 17.9. The number of carbonyl (C=O) groups excluding carboxylic acids is 4. The first-order valence-electron chi connectivity index (χ1n) is 10.3. The SMILES string of the molecule is CC1OC(=O)OC1COC(=O)C1[NH+]2C(=O)C(NC(=O)C(N)c3ccccc3)C2SC1(C)C. The second-order valence-corrected chi connectivity index (χ2v) is 10.4. The summed E-state index contributed by atoms with van der Waals surface area (Å²) in [6.45, 7) is 5.21. The van der Waals surface area contributed by atoms with Gasteiger partial charge in [-0.3, -0.25) is 4.79 Å². The first kappa shape index (κ1) is 22.6. The lowest BCUT2D eigenvalue weighted by Crippen LogP contribution is -3.30. The van der Waals surface area contributed by atoms with Gasteiger partial charge in [-0.05, 0) is 26.3 Å². The molecule has 3 saturated heterocycles. The lowest BCUT2D eigenvalue weighted by atomic mass is 9.95. The molecule has 3 heterocycles. The number of thioether (sulfide) groups is 1. The first-order chi connectivity index (χ1) is 15.1. The number of amides is 2. The maximum atomic E-state index is 12.9. The van der Waals surface area contributed by atoms with Gasteiger partial charge in [0.25, 0.3) is 0 Å². The van der Waals surface area contributed by atoms with E-state index in [1.54, 1.807) is 31.2 Å². The van der Waals surface area contributed by atoms with Crippen molar-refractivity contribution in [1.29, 1.82) is 0 Å². The van der Waals surface area contributed by atoms with Crippen LogP contribution in [0.4, 0.5) is 4.79 Å². The first-order valence-corrected chi connectivity index (χ1v) is 11.2. The topological polar surface area (TPSA) is 138 Å². The lowest BCUT2D eigenvalue weighted by Gasteiger charge is -2.38. The van der Waals surface area contributed by atoms with Crippen LogP contribution in [0.15, 0.2) is 30.3 Å². The Morgan fingerprint density at radius 2 is 1.94 bits per heavy atom. The highest BCUT2D eigenvalue weighted by Gasteiger charge is 2.70. The average molecular weight is 465 g/mol. The number of esters is 1. The van der Waals surface area contributed by atoms with E-state index in [4.69, 9.17) is 19.9 Å². The number of carbonyl (C=O) groups is 4. The van der Waals surface area contributed by atoms with Gasteiger partial charge in [-0.15, -0.1) is 0 Å². The Bertz CT molecular complexity index is 941. The van der Waals surface area contributed by atoms with Crippen LogP contribution in [-0.2, 0) is 28.6 Å². The van der Waals surface area contributed by atoms with E-state index in [-0.39, 0.29) is 17.9 Å². The number of hydrogen-bond donors (Lipinski definition) is 3. The molecular weight excluding hydrogens is 438 g/mol. The van der Waals surface area contributed by atoms with E-state index >= 15 is 0 Å². The summed E-state index contributed by atoms with van der Waals surface area (Å²) in [5.74, 6) is -1.29. The van der Waals surface area contributed by atoms with Gasteiger partial charge in [-0.25, -0.2) is 19.3 Å². The molecule has 0 saturated carbocycles. The zero-order chi connectivity index (χ0) is 23.2. The monoisotopic (exact) mass is 464 g/mol. The van der Waals surface area contributed by atoms with Crippen molar-refractivity contribution < 1.29 is 38.3 Å². The summed E-state index contributed by atoms with van der Waals surface area (Å²) in [5, 5.41) is 2.41. The minimum absolute atomic E-state index is 0.152. The third kappa shape index (κ3) is 3.96. The fraction of sp³-hybridized carbons (Fsp3) is 0.524. The number of fused-ring (bicyclic) bond motifs is 1. The fourth-order valence-electron chi connectivity index (χ4n) is 4.25. The van der Waals surface area contributed by atoms with Crippen LogP contribution in [0.5, 0.6) is 0 Å². The van der Waals surface area contributed by atoms with Crippen LogP contribution < -0.4 is 16.0 Å². The highest BCUT2D eigenvalue weighted by atomic mass is 32.2.